The van der Waals surface area contributed by atoms with E-state index in [2.05, 4.69) is 30.6 Å². The second kappa shape index (κ2) is 5.80. The highest BCUT2D eigenvalue weighted by Gasteiger charge is 2.10. The molecule has 0 aliphatic carbocycles. The largest absolute Gasteiger partial charge is 0.467 e. The summed E-state index contributed by atoms with van der Waals surface area (Å²) < 4.78 is 5.12. The van der Waals surface area contributed by atoms with Crippen LogP contribution in [0, 0.1) is 0 Å². The smallest absolute Gasteiger partial charge is 0.239 e. The van der Waals surface area contributed by atoms with Crippen molar-refractivity contribution in [3.63, 3.8) is 0 Å². The number of aromatic amines is 1. The van der Waals surface area contributed by atoms with Crippen LogP contribution in [0.4, 0.5) is 5.82 Å². The fourth-order valence-electron chi connectivity index (χ4n) is 1.76. The fourth-order valence-corrected chi connectivity index (χ4v) is 1.92. The molecule has 0 spiro atoms. The van der Waals surface area contributed by atoms with Crippen LogP contribution in [0.25, 0.3) is 11.2 Å². The van der Waals surface area contributed by atoms with Gasteiger partial charge in [-0.25, -0.2) is 4.98 Å². The van der Waals surface area contributed by atoms with E-state index in [1.807, 2.05) is 0 Å². The number of hydrogen-bond acceptors (Lipinski definition) is 6. The van der Waals surface area contributed by atoms with E-state index in [1.54, 1.807) is 18.4 Å². The lowest BCUT2D eigenvalue weighted by atomic mass is 10.4. The monoisotopic (exact) mass is 306 g/mol. The molecule has 3 aromatic heterocycles. The number of furan rings is 1. The van der Waals surface area contributed by atoms with Gasteiger partial charge in [0.05, 0.1) is 25.7 Å². The lowest BCUT2D eigenvalue weighted by Gasteiger charge is -2.07. The van der Waals surface area contributed by atoms with Crippen molar-refractivity contribution in [2.75, 3.05) is 11.9 Å². The predicted molar refractivity (Wildman–Crippen MR) is 75.7 cm³/mol. The summed E-state index contributed by atoms with van der Waals surface area (Å²) in [5.74, 6) is 0.911. The van der Waals surface area contributed by atoms with E-state index < -0.39 is 0 Å². The number of nitrogens with zero attached hydrogens (tertiary/aromatic N) is 3. The number of nitrogens with one attached hydrogen (secondary N) is 3. The third-order valence-corrected chi connectivity index (χ3v) is 2.88. The highest BCUT2D eigenvalue weighted by molar-refractivity contribution is 6.28. The summed E-state index contributed by atoms with van der Waals surface area (Å²) in [6, 6.07) is 3.55. The van der Waals surface area contributed by atoms with Gasteiger partial charge in [-0.15, -0.1) is 0 Å². The molecular weight excluding hydrogens is 296 g/mol. The first-order chi connectivity index (χ1) is 10.2. The molecule has 0 aliphatic heterocycles. The van der Waals surface area contributed by atoms with Gasteiger partial charge in [0.2, 0.25) is 11.2 Å². The minimum Gasteiger partial charge on any atom is -0.467 e. The van der Waals surface area contributed by atoms with Crippen molar-refractivity contribution >= 4 is 34.5 Å². The molecule has 0 radical (unpaired) electrons. The molecule has 0 aromatic carbocycles. The topological polar surface area (TPSA) is 109 Å². The molecule has 0 bridgehead atoms. The standard InChI is InChI=1S/C12H11ClN6O2/c13-12-18-10(9-11(19-12)17-6-16-9)15-5-8(20)14-4-7-2-1-3-21-7/h1-3,6H,4-5H2,(H,14,20)(H2,15,16,17,18,19). The molecule has 3 N–H and O–H groups in total. The minimum absolute atomic E-state index is 0.0438. The Morgan fingerprint density at radius 2 is 2.33 bits per heavy atom. The van der Waals surface area contributed by atoms with Gasteiger partial charge in [-0.3, -0.25) is 4.79 Å². The maximum absolute atomic E-state index is 11.8. The zero-order valence-electron chi connectivity index (χ0n) is 10.8. The molecule has 8 nitrogen and oxygen atoms in total. The van der Waals surface area contributed by atoms with Crippen molar-refractivity contribution in [2.45, 2.75) is 6.54 Å². The number of carbonyl (C=O) groups excluding carboxylic acids is 1. The number of imidazole rings is 1. The highest BCUT2D eigenvalue weighted by Crippen LogP contribution is 2.18. The van der Waals surface area contributed by atoms with Crippen LogP contribution in [0.5, 0.6) is 0 Å². The van der Waals surface area contributed by atoms with E-state index in [1.165, 1.54) is 6.33 Å². The molecule has 0 atom stereocenters. The van der Waals surface area contributed by atoms with Crippen molar-refractivity contribution in [2.24, 2.45) is 0 Å². The summed E-state index contributed by atoms with van der Waals surface area (Å²) >= 11 is 5.80. The van der Waals surface area contributed by atoms with Crippen molar-refractivity contribution < 1.29 is 9.21 Å². The second-order valence-corrected chi connectivity index (χ2v) is 4.49. The van der Waals surface area contributed by atoms with Crippen LogP contribution in [-0.2, 0) is 11.3 Å². The van der Waals surface area contributed by atoms with Crippen molar-refractivity contribution in [1.82, 2.24) is 25.3 Å². The van der Waals surface area contributed by atoms with E-state index in [0.29, 0.717) is 29.3 Å². The molecule has 3 heterocycles. The molecule has 3 rings (SSSR count). The van der Waals surface area contributed by atoms with E-state index >= 15 is 0 Å². The third-order valence-electron chi connectivity index (χ3n) is 2.71. The molecule has 108 valence electrons. The van der Waals surface area contributed by atoms with Crippen LogP contribution in [0.1, 0.15) is 5.76 Å². The highest BCUT2D eigenvalue weighted by atomic mass is 35.5. The molecule has 0 fully saturated rings. The van der Waals surface area contributed by atoms with Crippen LogP contribution >= 0.6 is 11.6 Å². The normalized spacial score (nSPS) is 10.7. The zero-order valence-corrected chi connectivity index (χ0v) is 11.5. The number of amides is 1. The maximum atomic E-state index is 11.8. The number of halogens is 1. The van der Waals surface area contributed by atoms with Gasteiger partial charge in [-0.1, -0.05) is 0 Å². The Bertz CT molecular complexity index is 754. The van der Waals surface area contributed by atoms with Gasteiger partial charge in [0, 0.05) is 0 Å². The number of hydrogen-bond donors (Lipinski definition) is 3. The first-order valence-electron chi connectivity index (χ1n) is 6.12. The Kier molecular flexibility index (Phi) is 3.69. The Morgan fingerprint density at radius 1 is 1.43 bits per heavy atom. The summed E-state index contributed by atoms with van der Waals surface area (Å²) in [5, 5.41) is 5.67. The van der Waals surface area contributed by atoms with Crippen LogP contribution in [-0.4, -0.2) is 32.4 Å². The van der Waals surface area contributed by atoms with Crippen LogP contribution in [0.2, 0.25) is 5.28 Å². The van der Waals surface area contributed by atoms with E-state index in [9.17, 15) is 4.79 Å². The Hall–Kier alpha value is -2.61. The molecule has 1 amide bonds. The first-order valence-corrected chi connectivity index (χ1v) is 6.50. The average Bonchev–Trinajstić information content (AvgIpc) is 3.13. The van der Waals surface area contributed by atoms with Gasteiger partial charge in [0.15, 0.2) is 11.5 Å². The fraction of sp³-hybridized carbons (Fsp3) is 0.167. The van der Waals surface area contributed by atoms with Crippen LogP contribution in [0.15, 0.2) is 29.1 Å². The Morgan fingerprint density at radius 3 is 3.14 bits per heavy atom. The average molecular weight is 307 g/mol. The zero-order chi connectivity index (χ0) is 14.7. The third kappa shape index (κ3) is 3.11. The van der Waals surface area contributed by atoms with E-state index in [4.69, 9.17) is 16.0 Å². The number of fused-ring (bicyclic) bond motifs is 1. The van der Waals surface area contributed by atoms with Crippen molar-refractivity contribution in [1.29, 1.82) is 0 Å². The summed E-state index contributed by atoms with van der Waals surface area (Å²) in [7, 11) is 0. The molecule has 0 saturated carbocycles. The Labute approximate surface area is 123 Å². The summed E-state index contributed by atoms with van der Waals surface area (Å²) in [5.41, 5.74) is 1.03. The van der Waals surface area contributed by atoms with Gasteiger partial charge in [-0.05, 0) is 23.7 Å². The summed E-state index contributed by atoms with van der Waals surface area (Å²) in [4.78, 5) is 26.6. The predicted octanol–water partition coefficient (Wildman–Crippen LogP) is 1.33. The van der Waals surface area contributed by atoms with Gasteiger partial charge in [0.25, 0.3) is 0 Å². The SMILES string of the molecule is O=C(CNc1nc(Cl)nc2nc[nH]c12)NCc1ccco1. The van der Waals surface area contributed by atoms with Gasteiger partial charge in [0.1, 0.15) is 11.3 Å². The molecule has 21 heavy (non-hydrogen) atoms. The van der Waals surface area contributed by atoms with E-state index in [0.717, 1.165) is 0 Å². The first kappa shape index (κ1) is 13.4. The molecular formula is C12H11ClN6O2. The number of rotatable bonds is 5. The quantitative estimate of drug-likeness (QED) is 0.614. The van der Waals surface area contributed by atoms with Gasteiger partial charge >= 0.3 is 0 Å². The molecule has 3 aromatic rings. The molecule has 9 heteroatoms. The minimum atomic E-state index is -0.200. The summed E-state index contributed by atoms with van der Waals surface area (Å²) in [6.07, 6.45) is 3.04. The molecule has 0 saturated heterocycles. The van der Waals surface area contributed by atoms with Crippen molar-refractivity contribution in [3.8, 4) is 0 Å². The maximum Gasteiger partial charge on any atom is 0.239 e. The van der Waals surface area contributed by atoms with Crippen molar-refractivity contribution in [3.05, 3.63) is 35.8 Å². The molecule has 0 aliphatic rings. The molecule has 0 unspecified atom stereocenters. The lowest BCUT2D eigenvalue weighted by Crippen LogP contribution is -2.29. The summed E-state index contributed by atoms with van der Waals surface area (Å²) in [6.45, 7) is 0.375. The second-order valence-electron chi connectivity index (χ2n) is 4.15. The van der Waals surface area contributed by atoms with Crippen LogP contribution in [0.3, 0.4) is 0 Å². The number of H-pyrrole nitrogens is 1. The van der Waals surface area contributed by atoms with Gasteiger partial charge < -0.3 is 20.0 Å². The Balaban J connectivity index is 1.61. The van der Waals surface area contributed by atoms with Gasteiger partial charge in [-0.2, -0.15) is 9.97 Å². The van der Waals surface area contributed by atoms with Crippen LogP contribution < -0.4 is 10.6 Å². The number of aromatic nitrogens is 4. The lowest BCUT2D eigenvalue weighted by molar-refractivity contribution is -0.119. The van der Waals surface area contributed by atoms with E-state index in [-0.39, 0.29) is 17.7 Å². The number of carbonyl (C=O) groups is 1. The number of anilines is 1.